The number of esters is 1. The molecule has 0 aromatic heterocycles. The largest absolute Gasteiger partial charge is 0.463 e. The average molecular weight is 458 g/mol. The number of hydrogen-bond acceptors (Lipinski definition) is 5. The summed E-state index contributed by atoms with van der Waals surface area (Å²) in [5, 5.41) is 0. The van der Waals surface area contributed by atoms with E-state index in [2.05, 4.69) is 29.5 Å². The number of unbranched alkanes of at least 4 members (excludes halogenated alkanes) is 6. The third-order valence-electron chi connectivity index (χ3n) is 3.44. The summed E-state index contributed by atoms with van der Waals surface area (Å²) in [5.74, 6) is -0.115. The molecule has 144 valence electrons. The quantitative estimate of drug-likeness (QED) is 0.126. The Labute approximate surface area is 161 Å². The zero-order chi connectivity index (χ0) is 17.7. The molecule has 0 rings (SSSR count). The van der Waals surface area contributed by atoms with Crippen LogP contribution in [0.25, 0.3) is 0 Å². The molecule has 0 N–H and O–H groups in total. The van der Waals surface area contributed by atoms with Gasteiger partial charge in [0.25, 0.3) is 0 Å². The molecule has 6 heteroatoms. The lowest BCUT2D eigenvalue weighted by molar-refractivity contribution is -0.145. The minimum Gasteiger partial charge on any atom is -0.463 e. The number of rotatable bonds is 19. The van der Waals surface area contributed by atoms with E-state index in [1.807, 2.05) is 0 Å². The van der Waals surface area contributed by atoms with Gasteiger partial charge in [0.2, 0.25) is 0 Å². The topological polar surface area (TPSA) is 54.0 Å². The summed E-state index contributed by atoms with van der Waals surface area (Å²) in [6, 6.07) is 0. The summed E-state index contributed by atoms with van der Waals surface area (Å²) >= 11 is 2.27. The van der Waals surface area contributed by atoms with Gasteiger partial charge in [-0.15, -0.1) is 0 Å². The summed E-state index contributed by atoms with van der Waals surface area (Å²) in [7, 11) is 0. The van der Waals surface area contributed by atoms with Gasteiger partial charge in [-0.3, -0.25) is 4.79 Å². The number of hydrogen-bond donors (Lipinski definition) is 0. The van der Waals surface area contributed by atoms with E-state index in [1.165, 1.54) is 32.1 Å². The van der Waals surface area contributed by atoms with E-state index in [1.54, 1.807) is 0 Å². The Balaban J connectivity index is 3.12. The molecule has 24 heavy (non-hydrogen) atoms. The highest BCUT2D eigenvalue weighted by atomic mass is 127. The number of carbonyl (C=O) groups is 1. The summed E-state index contributed by atoms with van der Waals surface area (Å²) < 4.78 is 22.1. The van der Waals surface area contributed by atoms with Gasteiger partial charge >= 0.3 is 5.97 Å². The van der Waals surface area contributed by atoms with E-state index in [-0.39, 0.29) is 5.97 Å². The SMILES string of the molecule is CCCCCCCCCC(=O)OCCOCCOCCOCCI. The summed E-state index contributed by atoms with van der Waals surface area (Å²) in [6.45, 7) is 6.01. The van der Waals surface area contributed by atoms with Crippen LogP contribution >= 0.6 is 22.6 Å². The average Bonchev–Trinajstić information content (AvgIpc) is 2.59. The van der Waals surface area contributed by atoms with Crippen molar-refractivity contribution in [3.63, 3.8) is 0 Å². The van der Waals surface area contributed by atoms with Gasteiger partial charge in [0.15, 0.2) is 0 Å². The van der Waals surface area contributed by atoms with Crippen LogP contribution in [0.1, 0.15) is 58.3 Å². The van der Waals surface area contributed by atoms with Crippen LogP contribution < -0.4 is 0 Å². The molecule has 0 fully saturated rings. The van der Waals surface area contributed by atoms with Crippen LogP contribution in [0.5, 0.6) is 0 Å². The zero-order valence-corrected chi connectivity index (χ0v) is 17.4. The Bertz CT molecular complexity index is 264. The van der Waals surface area contributed by atoms with Crippen LogP contribution in [-0.4, -0.2) is 56.6 Å². The molecule has 0 aliphatic rings. The first-order chi connectivity index (χ1) is 11.8. The van der Waals surface area contributed by atoms with Gasteiger partial charge in [-0.25, -0.2) is 0 Å². The second-order valence-corrected chi connectivity index (χ2v) is 6.70. The van der Waals surface area contributed by atoms with Crippen molar-refractivity contribution in [3.05, 3.63) is 0 Å². The maximum absolute atomic E-state index is 11.5. The Morgan fingerprint density at radius 2 is 1.21 bits per heavy atom. The summed E-state index contributed by atoms with van der Waals surface area (Å²) in [4.78, 5) is 11.5. The van der Waals surface area contributed by atoms with Gasteiger partial charge in [0.05, 0.1) is 39.6 Å². The maximum atomic E-state index is 11.5. The number of alkyl halides is 1. The van der Waals surface area contributed by atoms with Crippen molar-refractivity contribution < 1.29 is 23.7 Å². The molecule has 0 saturated heterocycles. The molecular formula is C18H35IO5. The van der Waals surface area contributed by atoms with Crippen molar-refractivity contribution >= 4 is 28.6 Å². The molecule has 0 aromatic rings. The molecule has 0 aliphatic carbocycles. The molecule has 0 spiro atoms. The first kappa shape index (κ1) is 24.1. The smallest absolute Gasteiger partial charge is 0.305 e. The van der Waals surface area contributed by atoms with Crippen LogP contribution in [0, 0.1) is 0 Å². The lowest BCUT2D eigenvalue weighted by Crippen LogP contribution is -2.14. The third-order valence-corrected chi connectivity index (χ3v) is 3.88. The first-order valence-corrected chi connectivity index (χ1v) is 10.8. The monoisotopic (exact) mass is 458 g/mol. The standard InChI is InChI=1S/C18H35IO5/c1-2-3-4-5-6-7-8-9-18(20)24-17-16-23-15-14-22-13-12-21-11-10-19/h2-17H2,1H3. The lowest BCUT2D eigenvalue weighted by atomic mass is 10.1. The highest BCUT2D eigenvalue weighted by molar-refractivity contribution is 14.1. The van der Waals surface area contributed by atoms with E-state index in [9.17, 15) is 4.79 Å². The molecule has 0 aromatic carbocycles. The predicted molar refractivity (Wildman–Crippen MR) is 105 cm³/mol. The molecule has 0 aliphatic heterocycles. The van der Waals surface area contributed by atoms with Crippen molar-refractivity contribution in [1.29, 1.82) is 0 Å². The number of carbonyl (C=O) groups excluding carboxylic acids is 1. The molecule has 0 bridgehead atoms. The molecule has 0 unspecified atom stereocenters. The van der Waals surface area contributed by atoms with Gasteiger partial charge in [0, 0.05) is 10.8 Å². The minimum atomic E-state index is -0.115. The van der Waals surface area contributed by atoms with E-state index in [0.29, 0.717) is 46.1 Å². The Kier molecular flexibility index (Phi) is 21.2. The van der Waals surface area contributed by atoms with Crippen LogP contribution in [0.3, 0.4) is 0 Å². The molecule has 0 heterocycles. The van der Waals surface area contributed by atoms with Crippen molar-refractivity contribution in [2.45, 2.75) is 58.3 Å². The Hall–Kier alpha value is 0.0800. The normalized spacial score (nSPS) is 10.9. The molecule has 5 nitrogen and oxygen atoms in total. The van der Waals surface area contributed by atoms with Crippen molar-refractivity contribution in [2.75, 3.05) is 50.7 Å². The van der Waals surface area contributed by atoms with E-state index < -0.39 is 0 Å². The van der Waals surface area contributed by atoms with E-state index in [0.717, 1.165) is 23.9 Å². The minimum absolute atomic E-state index is 0.115. The van der Waals surface area contributed by atoms with Gasteiger partial charge in [-0.05, 0) is 6.42 Å². The van der Waals surface area contributed by atoms with Gasteiger partial charge in [-0.1, -0.05) is 68.0 Å². The van der Waals surface area contributed by atoms with E-state index in [4.69, 9.17) is 18.9 Å². The van der Waals surface area contributed by atoms with E-state index >= 15 is 0 Å². The third kappa shape index (κ3) is 20.1. The molecule has 0 radical (unpaired) electrons. The van der Waals surface area contributed by atoms with Crippen molar-refractivity contribution in [2.24, 2.45) is 0 Å². The maximum Gasteiger partial charge on any atom is 0.305 e. The van der Waals surface area contributed by atoms with Crippen molar-refractivity contribution in [1.82, 2.24) is 0 Å². The van der Waals surface area contributed by atoms with Gasteiger partial charge in [0.1, 0.15) is 6.61 Å². The van der Waals surface area contributed by atoms with Crippen LogP contribution in [0.2, 0.25) is 0 Å². The second kappa shape index (κ2) is 21.1. The highest BCUT2D eigenvalue weighted by Crippen LogP contribution is 2.08. The van der Waals surface area contributed by atoms with Gasteiger partial charge in [-0.2, -0.15) is 0 Å². The molecule has 0 amide bonds. The van der Waals surface area contributed by atoms with Crippen molar-refractivity contribution in [3.8, 4) is 0 Å². The second-order valence-electron chi connectivity index (χ2n) is 5.62. The predicted octanol–water partition coefficient (Wildman–Crippen LogP) is 4.16. The van der Waals surface area contributed by atoms with Crippen LogP contribution in [0.15, 0.2) is 0 Å². The molecule has 0 saturated carbocycles. The number of ether oxygens (including phenoxy) is 4. The molecular weight excluding hydrogens is 423 g/mol. The zero-order valence-electron chi connectivity index (χ0n) is 15.2. The molecule has 0 atom stereocenters. The lowest BCUT2D eigenvalue weighted by Gasteiger charge is -2.07. The van der Waals surface area contributed by atoms with Crippen LogP contribution in [0.4, 0.5) is 0 Å². The van der Waals surface area contributed by atoms with Gasteiger partial charge < -0.3 is 18.9 Å². The Morgan fingerprint density at radius 3 is 1.79 bits per heavy atom. The fraction of sp³-hybridized carbons (Fsp3) is 0.944. The number of halogens is 1. The first-order valence-electron chi connectivity index (χ1n) is 9.26. The van der Waals surface area contributed by atoms with Crippen LogP contribution in [-0.2, 0) is 23.7 Å². The highest BCUT2D eigenvalue weighted by Gasteiger charge is 2.02. The summed E-state index contributed by atoms with van der Waals surface area (Å²) in [6.07, 6.45) is 8.98. The fourth-order valence-corrected chi connectivity index (χ4v) is 2.42. The Morgan fingerprint density at radius 1 is 0.708 bits per heavy atom. The summed E-state index contributed by atoms with van der Waals surface area (Å²) in [5.41, 5.74) is 0. The fourth-order valence-electron chi connectivity index (χ4n) is 2.11.